The zero-order valence-electron chi connectivity index (χ0n) is 13.7. The number of nitrogens with one attached hydrogen (secondary N) is 1. The van der Waals surface area contributed by atoms with Crippen LogP contribution in [0.4, 0.5) is 8.78 Å². The summed E-state index contributed by atoms with van der Waals surface area (Å²) in [7, 11) is 0. The van der Waals surface area contributed by atoms with Crippen molar-refractivity contribution in [2.75, 3.05) is 0 Å². The molecular formula is C19H20F2N2O2. The summed E-state index contributed by atoms with van der Waals surface area (Å²) in [6.07, 6.45) is 2.84. The number of carbonyl (C=O) groups is 1. The van der Waals surface area contributed by atoms with E-state index in [9.17, 15) is 13.6 Å². The van der Waals surface area contributed by atoms with Gasteiger partial charge in [0.25, 0.3) is 0 Å². The fourth-order valence-corrected chi connectivity index (χ4v) is 3.21. The number of ether oxygens (including phenoxy) is 1. The molecule has 3 N–H and O–H groups in total. The first kappa shape index (κ1) is 17.4. The Bertz CT molecular complexity index is 748. The number of hydrogen-bond donors (Lipinski definition) is 2. The standard InChI is InChI=1S/C19H20F2N2O2/c20-19(21)25-15-8-9-16-14(10-15)2-1-3-17(16)23-11-12-4-6-13(7-5-12)18(22)24/h4-10,17,19,23H,1-3,11H2,(H2,22,24)/t17-/m0/s1. The number of hydrogen-bond acceptors (Lipinski definition) is 3. The minimum absolute atomic E-state index is 0.167. The number of fused-ring (bicyclic) bond motifs is 1. The molecule has 1 aliphatic carbocycles. The van der Waals surface area contributed by atoms with Crippen molar-refractivity contribution in [3.05, 3.63) is 64.7 Å². The van der Waals surface area contributed by atoms with Crippen molar-refractivity contribution >= 4 is 5.91 Å². The molecule has 1 amide bonds. The van der Waals surface area contributed by atoms with Crippen LogP contribution in [-0.4, -0.2) is 12.5 Å². The number of carbonyl (C=O) groups excluding carboxylic acids is 1. The Morgan fingerprint density at radius 1 is 1.24 bits per heavy atom. The van der Waals surface area contributed by atoms with Crippen LogP contribution in [0.25, 0.3) is 0 Å². The van der Waals surface area contributed by atoms with E-state index in [4.69, 9.17) is 5.73 Å². The second-order valence-corrected chi connectivity index (χ2v) is 6.13. The zero-order valence-corrected chi connectivity index (χ0v) is 13.7. The Balaban J connectivity index is 1.67. The number of primary amides is 1. The molecule has 1 atom stereocenters. The van der Waals surface area contributed by atoms with E-state index in [1.54, 1.807) is 24.3 Å². The molecule has 0 saturated heterocycles. The van der Waals surface area contributed by atoms with E-state index in [-0.39, 0.29) is 11.8 Å². The van der Waals surface area contributed by atoms with Gasteiger partial charge >= 0.3 is 6.61 Å². The van der Waals surface area contributed by atoms with Gasteiger partial charge in [-0.15, -0.1) is 0 Å². The molecule has 0 aromatic heterocycles. The van der Waals surface area contributed by atoms with Gasteiger partial charge in [0.2, 0.25) is 5.91 Å². The summed E-state index contributed by atoms with van der Waals surface area (Å²) >= 11 is 0. The molecule has 0 saturated carbocycles. The molecule has 0 heterocycles. The molecule has 2 aromatic rings. The van der Waals surface area contributed by atoms with E-state index in [2.05, 4.69) is 10.1 Å². The Morgan fingerprint density at radius 3 is 2.68 bits per heavy atom. The Hall–Kier alpha value is -2.47. The third-order valence-corrected chi connectivity index (χ3v) is 4.44. The van der Waals surface area contributed by atoms with Crippen molar-refractivity contribution in [2.24, 2.45) is 5.73 Å². The largest absolute Gasteiger partial charge is 0.435 e. The summed E-state index contributed by atoms with van der Waals surface area (Å²) in [4.78, 5) is 11.1. The average molecular weight is 346 g/mol. The maximum atomic E-state index is 12.4. The Labute approximate surface area is 145 Å². The van der Waals surface area contributed by atoms with Crippen molar-refractivity contribution < 1.29 is 18.3 Å². The molecule has 0 spiro atoms. The molecule has 0 unspecified atom stereocenters. The van der Waals surface area contributed by atoms with Gasteiger partial charge < -0.3 is 15.8 Å². The first-order chi connectivity index (χ1) is 12.0. The van der Waals surface area contributed by atoms with E-state index in [0.29, 0.717) is 12.1 Å². The predicted octanol–water partition coefficient (Wildman–Crippen LogP) is 3.55. The van der Waals surface area contributed by atoms with E-state index in [1.165, 1.54) is 0 Å². The summed E-state index contributed by atoms with van der Waals surface area (Å²) in [5.74, 6) is -0.237. The smallest absolute Gasteiger partial charge is 0.387 e. The SMILES string of the molecule is NC(=O)c1ccc(CN[C@H]2CCCc3cc(OC(F)F)ccc32)cc1. The summed E-state index contributed by atoms with van der Waals surface area (Å²) in [6, 6.07) is 12.5. The summed E-state index contributed by atoms with van der Waals surface area (Å²) < 4.78 is 29.2. The third-order valence-electron chi connectivity index (χ3n) is 4.44. The van der Waals surface area contributed by atoms with Crippen LogP contribution in [-0.2, 0) is 13.0 Å². The van der Waals surface area contributed by atoms with Crippen LogP contribution in [0.5, 0.6) is 5.75 Å². The fraction of sp³-hybridized carbons (Fsp3) is 0.316. The third kappa shape index (κ3) is 4.33. The number of rotatable bonds is 6. The summed E-state index contributed by atoms with van der Waals surface area (Å²) in [5.41, 5.74) is 8.95. The van der Waals surface area contributed by atoms with Gasteiger partial charge in [-0.05, 0) is 60.2 Å². The van der Waals surface area contributed by atoms with E-state index in [0.717, 1.165) is 36.0 Å². The predicted molar refractivity (Wildman–Crippen MR) is 90.6 cm³/mol. The quantitative estimate of drug-likeness (QED) is 0.841. The van der Waals surface area contributed by atoms with Gasteiger partial charge in [-0.25, -0.2) is 0 Å². The maximum Gasteiger partial charge on any atom is 0.387 e. The van der Waals surface area contributed by atoms with Gasteiger partial charge in [-0.3, -0.25) is 4.79 Å². The van der Waals surface area contributed by atoms with E-state index < -0.39 is 12.5 Å². The topological polar surface area (TPSA) is 64.4 Å². The molecule has 0 aliphatic heterocycles. The molecule has 6 heteroatoms. The fourth-order valence-electron chi connectivity index (χ4n) is 3.21. The molecule has 2 aromatic carbocycles. The minimum Gasteiger partial charge on any atom is -0.435 e. The highest BCUT2D eigenvalue weighted by atomic mass is 19.3. The summed E-state index contributed by atoms with van der Waals surface area (Å²) in [5, 5.41) is 3.50. The first-order valence-electron chi connectivity index (χ1n) is 8.22. The number of amides is 1. The molecule has 4 nitrogen and oxygen atoms in total. The number of nitrogens with two attached hydrogens (primary N) is 1. The molecule has 0 bridgehead atoms. The maximum absolute atomic E-state index is 12.4. The highest BCUT2D eigenvalue weighted by molar-refractivity contribution is 5.92. The number of alkyl halides is 2. The molecule has 3 rings (SSSR count). The van der Waals surface area contributed by atoms with Crippen LogP contribution >= 0.6 is 0 Å². The number of aryl methyl sites for hydroxylation is 1. The van der Waals surface area contributed by atoms with E-state index >= 15 is 0 Å². The Kier molecular flexibility index (Phi) is 5.28. The molecule has 0 radical (unpaired) electrons. The van der Waals surface area contributed by atoms with Crippen LogP contribution < -0.4 is 15.8 Å². The lowest BCUT2D eigenvalue weighted by molar-refractivity contribution is -0.0499. The lowest BCUT2D eigenvalue weighted by atomic mass is 9.87. The lowest BCUT2D eigenvalue weighted by Crippen LogP contribution is -2.25. The van der Waals surface area contributed by atoms with Crippen LogP contribution in [0.1, 0.15) is 45.9 Å². The zero-order chi connectivity index (χ0) is 17.8. The molecule has 1 aliphatic rings. The van der Waals surface area contributed by atoms with Crippen molar-refractivity contribution in [1.82, 2.24) is 5.32 Å². The molecule has 25 heavy (non-hydrogen) atoms. The Morgan fingerprint density at radius 2 is 2.00 bits per heavy atom. The van der Waals surface area contributed by atoms with Crippen LogP contribution in [0.2, 0.25) is 0 Å². The van der Waals surface area contributed by atoms with Gasteiger partial charge in [0.15, 0.2) is 0 Å². The number of benzene rings is 2. The molecule has 132 valence electrons. The lowest BCUT2D eigenvalue weighted by Gasteiger charge is -2.27. The highest BCUT2D eigenvalue weighted by Crippen LogP contribution is 2.32. The van der Waals surface area contributed by atoms with Gasteiger partial charge in [0.1, 0.15) is 5.75 Å². The minimum atomic E-state index is -2.81. The van der Waals surface area contributed by atoms with E-state index in [1.807, 2.05) is 18.2 Å². The second kappa shape index (κ2) is 7.61. The second-order valence-electron chi connectivity index (χ2n) is 6.13. The monoisotopic (exact) mass is 346 g/mol. The van der Waals surface area contributed by atoms with Crippen molar-refractivity contribution in [2.45, 2.75) is 38.5 Å². The first-order valence-corrected chi connectivity index (χ1v) is 8.22. The average Bonchev–Trinajstić information content (AvgIpc) is 2.59. The van der Waals surface area contributed by atoms with Crippen LogP contribution in [0, 0.1) is 0 Å². The summed E-state index contributed by atoms with van der Waals surface area (Å²) in [6.45, 7) is -2.16. The normalized spacial score (nSPS) is 16.5. The van der Waals surface area contributed by atoms with Gasteiger partial charge in [-0.2, -0.15) is 8.78 Å². The van der Waals surface area contributed by atoms with Crippen LogP contribution in [0.3, 0.4) is 0 Å². The van der Waals surface area contributed by atoms with Crippen molar-refractivity contribution in [3.8, 4) is 5.75 Å². The van der Waals surface area contributed by atoms with Gasteiger partial charge in [-0.1, -0.05) is 18.2 Å². The van der Waals surface area contributed by atoms with Gasteiger partial charge in [0.05, 0.1) is 0 Å². The molecule has 0 fully saturated rings. The van der Waals surface area contributed by atoms with Crippen molar-refractivity contribution in [3.63, 3.8) is 0 Å². The van der Waals surface area contributed by atoms with Crippen LogP contribution in [0.15, 0.2) is 42.5 Å². The number of halogens is 2. The van der Waals surface area contributed by atoms with Crippen molar-refractivity contribution in [1.29, 1.82) is 0 Å². The van der Waals surface area contributed by atoms with Gasteiger partial charge in [0, 0.05) is 18.2 Å². The highest BCUT2D eigenvalue weighted by Gasteiger charge is 2.20. The molecular weight excluding hydrogens is 326 g/mol.